The average Bonchev–Trinajstić information content (AvgIpc) is 2.63. The van der Waals surface area contributed by atoms with Crippen LogP contribution in [0.3, 0.4) is 0 Å². The number of nitrogens with zero attached hydrogens (tertiary/aromatic N) is 1. The Balaban J connectivity index is 2.70. The van der Waals surface area contributed by atoms with Gasteiger partial charge in [-0.05, 0) is 19.8 Å². The zero-order chi connectivity index (χ0) is 11.6. The molecular weight excluding hydrogens is 194 g/mol. The van der Waals surface area contributed by atoms with Crippen molar-refractivity contribution in [2.45, 2.75) is 38.8 Å². The van der Waals surface area contributed by atoms with Crippen molar-refractivity contribution in [2.24, 2.45) is 17.4 Å². The molecule has 5 heteroatoms. The Labute approximate surface area is 89.8 Å². The molecule has 0 radical (unpaired) electrons. The van der Waals surface area contributed by atoms with Crippen LogP contribution in [-0.4, -0.2) is 35.3 Å². The van der Waals surface area contributed by atoms with Crippen LogP contribution in [0.1, 0.15) is 26.7 Å². The van der Waals surface area contributed by atoms with Crippen LogP contribution >= 0.6 is 0 Å². The van der Waals surface area contributed by atoms with Crippen LogP contribution in [0.2, 0.25) is 0 Å². The molecule has 1 aliphatic rings. The normalized spacial score (nSPS) is 25.0. The smallest absolute Gasteiger partial charge is 0.240 e. The number of likely N-dealkylation sites (tertiary alicyclic amines) is 1. The molecule has 1 heterocycles. The fourth-order valence-corrected chi connectivity index (χ4v) is 1.81. The lowest BCUT2D eigenvalue weighted by Crippen LogP contribution is -2.48. The van der Waals surface area contributed by atoms with Crippen molar-refractivity contribution < 1.29 is 9.59 Å². The van der Waals surface area contributed by atoms with Gasteiger partial charge in [0.05, 0.1) is 5.92 Å². The fraction of sp³-hybridized carbons (Fsp3) is 0.800. The number of nitrogens with two attached hydrogens (primary N) is 2. The topological polar surface area (TPSA) is 89.4 Å². The average molecular weight is 213 g/mol. The van der Waals surface area contributed by atoms with E-state index in [0.717, 1.165) is 6.42 Å². The minimum absolute atomic E-state index is 0.0636. The predicted octanol–water partition coefficient (Wildman–Crippen LogP) is -0.554. The Bertz CT molecular complexity index is 265. The molecular formula is C10H19N3O2. The van der Waals surface area contributed by atoms with E-state index in [9.17, 15) is 9.59 Å². The van der Waals surface area contributed by atoms with Crippen molar-refractivity contribution in [2.75, 3.05) is 6.54 Å². The minimum Gasteiger partial charge on any atom is -0.368 e. The van der Waals surface area contributed by atoms with Gasteiger partial charge in [-0.3, -0.25) is 9.59 Å². The van der Waals surface area contributed by atoms with Crippen LogP contribution in [0.25, 0.3) is 0 Å². The second-order valence-electron chi connectivity index (χ2n) is 4.24. The molecule has 86 valence electrons. The summed E-state index contributed by atoms with van der Waals surface area (Å²) < 4.78 is 0. The molecule has 0 aromatic rings. The van der Waals surface area contributed by atoms with Gasteiger partial charge < -0.3 is 16.4 Å². The standard InChI is InChI=1S/C10H19N3O2/c1-6(7(2)11)10(15)13-5-3-4-8(13)9(12)14/h6-8H,3-5,11H2,1-2H3,(H2,12,14). The van der Waals surface area contributed by atoms with Crippen molar-refractivity contribution in [3.05, 3.63) is 0 Å². The molecule has 15 heavy (non-hydrogen) atoms. The first-order valence-corrected chi connectivity index (χ1v) is 5.30. The van der Waals surface area contributed by atoms with Crippen LogP contribution < -0.4 is 11.5 Å². The highest BCUT2D eigenvalue weighted by molar-refractivity contribution is 5.88. The van der Waals surface area contributed by atoms with Crippen molar-refractivity contribution in [3.63, 3.8) is 0 Å². The summed E-state index contributed by atoms with van der Waals surface area (Å²) >= 11 is 0. The number of hydrogen-bond acceptors (Lipinski definition) is 3. The van der Waals surface area contributed by atoms with Crippen molar-refractivity contribution in [1.29, 1.82) is 0 Å². The Morgan fingerprint density at radius 3 is 2.47 bits per heavy atom. The van der Waals surface area contributed by atoms with Gasteiger partial charge >= 0.3 is 0 Å². The van der Waals surface area contributed by atoms with E-state index in [1.165, 1.54) is 0 Å². The van der Waals surface area contributed by atoms with Crippen LogP contribution in [0, 0.1) is 5.92 Å². The maximum absolute atomic E-state index is 11.9. The third kappa shape index (κ3) is 2.47. The summed E-state index contributed by atoms with van der Waals surface area (Å²) in [5.41, 5.74) is 10.9. The molecule has 1 fully saturated rings. The molecule has 0 aromatic carbocycles. The van der Waals surface area contributed by atoms with E-state index in [2.05, 4.69) is 0 Å². The molecule has 3 atom stereocenters. The summed E-state index contributed by atoms with van der Waals surface area (Å²) in [6.45, 7) is 4.19. The summed E-state index contributed by atoms with van der Waals surface area (Å²) in [5.74, 6) is -0.742. The second kappa shape index (κ2) is 4.61. The Hall–Kier alpha value is -1.10. The third-order valence-electron chi connectivity index (χ3n) is 3.04. The van der Waals surface area contributed by atoms with E-state index in [-0.39, 0.29) is 17.9 Å². The van der Waals surface area contributed by atoms with E-state index < -0.39 is 11.9 Å². The second-order valence-corrected chi connectivity index (χ2v) is 4.24. The van der Waals surface area contributed by atoms with Gasteiger partial charge in [0.2, 0.25) is 11.8 Å². The van der Waals surface area contributed by atoms with Gasteiger partial charge in [-0.1, -0.05) is 6.92 Å². The SMILES string of the molecule is CC(N)C(C)C(=O)N1CCCC1C(N)=O. The molecule has 0 spiro atoms. The third-order valence-corrected chi connectivity index (χ3v) is 3.04. The van der Waals surface area contributed by atoms with Gasteiger partial charge in [0.15, 0.2) is 0 Å². The highest BCUT2D eigenvalue weighted by Crippen LogP contribution is 2.20. The molecule has 3 unspecified atom stereocenters. The highest BCUT2D eigenvalue weighted by atomic mass is 16.2. The number of carbonyl (C=O) groups excluding carboxylic acids is 2. The highest BCUT2D eigenvalue weighted by Gasteiger charge is 2.35. The van der Waals surface area contributed by atoms with E-state index in [0.29, 0.717) is 13.0 Å². The molecule has 0 aromatic heterocycles. The van der Waals surface area contributed by atoms with Crippen molar-refractivity contribution in [3.8, 4) is 0 Å². The van der Waals surface area contributed by atoms with E-state index >= 15 is 0 Å². The largest absolute Gasteiger partial charge is 0.368 e. The van der Waals surface area contributed by atoms with Gasteiger partial charge in [-0.2, -0.15) is 0 Å². The first-order chi connectivity index (χ1) is 6.95. The Kier molecular flexibility index (Phi) is 3.68. The van der Waals surface area contributed by atoms with Gasteiger partial charge in [-0.15, -0.1) is 0 Å². The fourth-order valence-electron chi connectivity index (χ4n) is 1.81. The van der Waals surface area contributed by atoms with Crippen LogP contribution in [0.4, 0.5) is 0 Å². The Morgan fingerprint density at radius 1 is 1.40 bits per heavy atom. The summed E-state index contributed by atoms with van der Waals surface area (Å²) in [7, 11) is 0. The molecule has 0 bridgehead atoms. The predicted molar refractivity (Wildman–Crippen MR) is 56.7 cm³/mol. The molecule has 0 aliphatic carbocycles. The zero-order valence-electron chi connectivity index (χ0n) is 9.27. The molecule has 2 amide bonds. The quantitative estimate of drug-likeness (QED) is 0.659. The number of primary amides is 1. The van der Waals surface area contributed by atoms with Gasteiger partial charge in [0.1, 0.15) is 6.04 Å². The molecule has 4 N–H and O–H groups in total. The van der Waals surface area contributed by atoms with Crippen LogP contribution in [0.15, 0.2) is 0 Å². The van der Waals surface area contributed by atoms with Crippen molar-refractivity contribution in [1.82, 2.24) is 4.90 Å². The maximum atomic E-state index is 11.9. The number of hydrogen-bond donors (Lipinski definition) is 2. The van der Waals surface area contributed by atoms with Gasteiger partial charge in [0, 0.05) is 12.6 Å². The lowest BCUT2D eigenvalue weighted by atomic mass is 10.0. The summed E-state index contributed by atoms with van der Waals surface area (Å²) in [5, 5.41) is 0. The van der Waals surface area contributed by atoms with Crippen molar-refractivity contribution >= 4 is 11.8 Å². The molecule has 1 saturated heterocycles. The van der Waals surface area contributed by atoms with E-state index in [1.807, 2.05) is 0 Å². The summed E-state index contributed by atoms with van der Waals surface area (Å²) in [6, 6.07) is -0.634. The zero-order valence-corrected chi connectivity index (χ0v) is 9.27. The lowest BCUT2D eigenvalue weighted by Gasteiger charge is -2.26. The molecule has 1 rings (SSSR count). The minimum atomic E-state index is -0.432. The maximum Gasteiger partial charge on any atom is 0.240 e. The van der Waals surface area contributed by atoms with Crippen LogP contribution in [-0.2, 0) is 9.59 Å². The van der Waals surface area contributed by atoms with Crippen LogP contribution in [0.5, 0.6) is 0 Å². The Morgan fingerprint density at radius 2 is 2.00 bits per heavy atom. The van der Waals surface area contributed by atoms with Gasteiger partial charge in [-0.25, -0.2) is 0 Å². The number of rotatable bonds is 3. The number of carbonyl (C=O) groups is 2. The van der Waals surface area contributed by atoms with E-state index in [1.54, 1.807) is 18.7 Å². The summed E-state index contributed by atoms with van der Waals surface area (Å²) in [4.78, 5) is 24.6. The molecule has 1 aliphatic heterocycles. The molecule has 5 nitrogen and oxygen atoms in total. The van der Waals surface area contributed by atoms with Gasteiger partial charge in [0.25, 0.3) is 0 Å². The summed E-state index contributed by atoms with van der Waals surface area (Å²) in [6.07, 6.45) is 1.51. The lowest BCUT2D eigenvalue weighted by molar-refractivity contribution is -0.140. The van der Waals surface area contributed by atoms with E-state index in [4.69, 9.17) is 11.5 Å². The monoisotopic (exact) mass is 213 g/mol. The first-order valence-electron chi connectivity index (χ1n) is 5.30. The number of amides is 2. The first kappa shape index (κ1) is 12.0. The molecule has 0 saturated carbocycles.